The lowest BCUT2D eigenvalue weighted by Crippen LogP contribution is -2.06. The van der Waals surface area contributed by atoms with Crippen molar-refractivity contribution in [3.63, 3.8) is 0 Å². The van der Waals surface area contributed by atoms with Gasteiger partial charge in [0.1, 0.15) is 33.5 Å². The molecule has 13 heteroatoms. The van der Waals surface area contributed by atoms with E-state index in [1.807, 2.05) is 152 Å². The second-order valence-corrected chi connectivity index (χ2v) is 34.1. The molecule has 0 radical (unpaired) electrons. The number of para-hydroxylation sites is 5. The molecule has 20 aromatic carbocycles. The van der Waals surface area contributed by atoms with Crippen LogP contribution in [0.4, 0.5) is 0 Å². The maximum absolute atomic E-state index is 6.43. The third-order valence-corrected chi connectivity index (χ3v) is 25.8. The first-order chi connectivity index (χ1) is 68.4. The fourth-order valence-corrected chi connectivity index (χ4v) is 19.1. The maximum atomic E-state index is 6.43. The van der Waals surface area contributed by atoms with Crippen molar-refractivity contribution in [2.75, 3.05) is 0 Å². The fraction of sp³-hybridized carbons (Fsp3) is 0. The minimum absolute atomic E-state index is 0.573. The van der Waals surface area contributed by atoms with Crippen LogP contribution in [0.1, 0.15) is 0 Å². The van der Waals surface area contributed by atoms with Gasteiger partial charge in [0.15, 0.2) is 46.6 Å². The van der Waals surface area contributed by atoms with Crippen LogP contribution in [0.15, 0.2) is 486 Å². The molecule has 0 bridgehead atoms. The predicted molar refractivity (Wildman–Crippen MR) is 561 cm³/mol. The van der Waals surface area contributed by atoms with E-state index in [-0.39, 0.29) is 0 Å². The highest BCUT2D eigenvalue weighted by atomic mass is 16.3. The summed E-state index contributed by atoms with van der Waals surface area (Å²) in [7, 11) is 0. The highest BCUT2D eigenvalue weighted by Gasteiger charge is 2.25. The first kappa shape index (κ1) is 81.2. The van der Waals surface area contributed by atoms with Gasteiger partial charge in [-0.2, -0.15) is 9.97 Å². The molecule has 646 valence electrons. The molecule has 0 aliphatic carbocycles. The van der Waals surface area contributed by atoms with Gasteiger partial charge in [-0.15, -0.1) is 0 Å². The molecule has 0 unspecified atom stereocenters. The van der Waals surface area contributed by atoms with Crippen LogP contribution in [0.2, 0.25) is 0 Å². The third kappa shape index (κ3) is 15.2. The van der Waals surface area contributed by atoms with Crippen LogP contribution < -0.4 is 0 Å². The Balaban J connectivity index is 0.000000110. The van der Waals surface area contributed by atoms with Crippen molar-refractivity contribution in [3.05, 3.63) is 473 Å². The maximum Gasteiger partial charge on any atom is 0.238 e. The van der Waals surface area contributed by atoms with Gasteiger partial charge in [0, 0.05) is 93.2 Å². The molecule has 0 saturated heterocycles. The highest BCUT2D eigenvalue weighted by Crippen LogP contribution is 2.45. The Hall–Kier alpha value is -18.9. The van der Waals surface area contributed by atoms with Crippen molar-refractivity contribution >= 4 is 109 Å². The van der Waals surface area contributed by atoms with E-state index < -0.39 is 0 Å². The summed E-state index contributed by atoms with van der Waals surface area (Å²) >= 11 is 0. The summed E-state index contributed by atoms with van der Waals surface area (Å²) in [6.45, 7) is 0. The molecule has 0 aliphatic rings. The fourth-order valence-electron chi connectivity index (χ4n) is 19.1. The van der Waals surface area contributed by atoms with Crippen molar-refractivity contribution < 1.29 is 13.3 Å². The molecule has 138 heavy (non-hydrogen) atoms. The van der Waals surface area contributed by atoms with E-state index in [1.165, 1.54) is 16.7 Å². The Bertz CT molecular complexity index is 9260. The van der Waals surface area contributed by atoms with E-state index in [0.717, 1.165) is 193 Å². The second kappa shape index (κ2) is 35.0. The summed E-state index contributed by atoms with van der Waals surface area (Å²) in [4.78, 5) is 45.3. The van der Waals surface area contributed by atoms with E-state index in [2.05, 4.69) is 326 Å². The van der Waals surface area contributed by atoms with E-state index in [9.17, 15) is 0 Å². The summed E-state index contributed by atoms with van der Waals surface area (Å²) in [5, 5.41) is 13.3. The SMILES string of the molecule is c1ccc(-c2ccc(-c3nc(-c4ccccc4)nc(-c4ccc(-c5ccc6c(c5)oc5ccccc56)c5ccccc45)n3)cc2)cc1.c1ccc(-c2ccc(-c3nc(-c4ccccc4)nc(-c4ccc(-c5cccc6c5oc5ccccc56)c5ccccc45)n3)cc2)cc1.c1ccc(-c2ccc3oc4cc(-c5nc(-c6ccccc6)nc(-n6c7ccccc7c7ccccc76)n5)ccc4c3c2)cc1. The van der Waals surface area contributed by atoms with Crippen LogP contribution in [-0.2, 0) is 0 Å². The van der Waals surface area contributed by atoms with E-state index >= 15 is 0 Å². The number of benzene rings is 20. The van der Waals surface area contributed by atoms with Crippen molar-refractivity contribution in [2.24, 2.45) is 0 Å². The van der Waals surface area contributed by atoms with Crippen LogP contribution in [-0.4, -0.2) is 49.4 Å². The number of hydrogen-bond acceptors (Lipinski definition) is 12. The molecule has 7 heterocycles. The van der Waals surface area contributed by atoms with Gasteiger partial charge >= 0.3 is 0 Å². The van der Waals surface area contributed by atoms with Crippen molar-refractivity contribution in [2.45, 2.75) is 0 Å². The van der Waals surface area contributed by atoms with Crippen LogP contribution in [0.25, 0.3) is 262 Å². The van der Waals surface area contributed by atoms with Crippen molar-refractivity contribution in [1.82, 2.24) is 49.4 Å². The molecule has 27 rings (SSSR count). The minimum atomic E-state index is 0.573. The lowest BCUT2D eigenvalue weighted by Gasteiger charge is -2.13. The topological polar surface area (TPSA) is 160 Å². The largest absolute Gasteiger partial charge is 0.456 e. The molecule has 0 N–H and O–H groups in total. The minimum Gasteiger partial charge on any atom is -0.456 e. The molecule has 27 aromatic rings. The molecule has 13 nitrogen and oxygen atoms in total. The molecule has 0 amide bonds. The summed E-state index contributed by atoms with van der Waals surface area (Å²) in [5.41, 5.74) is 26.1. The van der Waals surface area contributed by atoms with Crippen LogP contribution >= 0.6 is 0 Å². The standard InChI is InChI=1S/2C43H27N3O.C39H24N4O/c1-3-12-28(13-4-1)29-22-24-31(25-23-29)42-44-41(30-14-5-2-6-15-30)45-43(46-42)38-27-26-34(32-16-7-8-17-33(32)38)36-19-11-20-37-35-18-9-10-21-39(35)47-40(36)37;1-3-11-28(12-4-1)29-19-21-31(22-20-29)42-44-41(30-13-5-2-6-14-30)45-43(46-42)38-26-25-33(34-15-7-8-16-35(34)38)32-23-24-37-36-17-9-10-18-39(36)47-40(37)27-32;1-3-11-25(12-4-1)27-20-22-35-32(23-27)31-21-19-28(24-36(31)44-35)38-40-37(26-13-5-2-6-14-26)41-39(42-38)43-33-17-9-7-15-29(33)30-16-8-10-18-34(30)43/h2*1-27H;1-24H. The Morgan fingerprint density at radius 3 is 0.913 bits per heavy atom. The summed E-state index contributed by atoms with van der Waals surface area (Å²) in [6, 6.07) is 162. The summed E-state index contributed by atoms with van der Waals surface area (Å²) in [5.74, 6) is 5.59. The Morgan fingerprint density at radius 1 is 0.138 bits per heavy atom. The van der Waals surface area contributed by atoms with Gasteiger partial charge in [-0.05, 0) is 144 Å². The van der Waals surface area contributed by atoms with Crippen molar-refractivity contribution in [1.29, 1.82) is 0 Å². The number of hydrogen-bond donors (Lipinski definition) is 0. The number of rotatable bonds is 14. The van der Waals surface area contributed by atoms with Crippen LogP contribution in [0, 0.1) is 0 Å². The molecule has 0 aliphatic heterocycles. The van der Waals surface area contributed by atoms with Gasteiger partial charge in [-0.1, -0.05) is 400 Å². The van der Waals surface area contributed by atoms with Gasteiger partial charge in [0.05, 0.1) is 11.0 Å². The lowest BCUT2D eigenvalue weighted by molar-refractivity contribution is 0.668. The van der Waals surface area contributed by atoms with E-state index in [0.29, 0.717) is 52.5 Å². The third-order valence-electron chi connectivity index (χ3n) is 25.8. The van der Waals surface area contributed by atoms with Gasteiger partial charge in [-0.3, -0.25) is 4.57 Å². The van der Waals surface area contributed by atoms with Gasteiger partial charge in [0.25, 0.3) is 0 Å². The monoisotopic (exact) mass is 1770 g/mol. The Morgan fingerprint density at radius 2 is 0.428 bits per heavy atom. The smallest absolute Gasteiger partial charge is 0.238 e. The van der Waals surface area contributed by atoms with Gasteiger partial charge in [-0.25, -0.2) is 34.9 Å². The molecular formula is C125H78N10O3. The Labute approximate surface area is 792 Å². The second-order valence-electron chi connectivity index (χ2n) is 34.1. The van der Waals surface area contributed by atoms with Gasteiger partial charge in [0.2, 0.25) is 5.95 Å². The zero-order valence-corrected chi connectivity index (χ0v) is 74.2. The molecule has 0 fully saturated rings. The number of furan rings is 3. The number of aromatic nitrogens is 10. The summed E-state index contributed by atoms with van der Waals surface area (Å²) < 4.78 is 21.2. The summed E-state index contributed by atoms with van der Waals surface area (Å²) in [6.07, 6.45) is 0. The van der Waals surface area contributed by atoms with E-state index in [1.54, 1.807) is 0 Å². The first-order valence-electron chi connectivity index (χ1n) is 46.0. The zero-order chi connectivity index (χ0) is 91.4. The molecular weight excluding hydrogens is 1690 g/mol. The molecule has 0 atom stereocenters. The normalized spacial score (nSPS) is 11.5. The van der Waals surface area contributed by atoms with E-state index in [4.69, 9.17) is 58.1 Å². The lowest BCUT2D eigenvalue weighted by atomic mass is 9.93. The zero-order valence-electron chi connectivity index (χ0n) is 74.2. The average Bonchev–Trinajstić information content (AvgIpc) is 1.59. The molecule has 0 spiro atoms. The quantitative estimate of drug-likeness (QED) is 0.102. The predicted octanol–water partition coefficient (Wildman–Crippen LogP) is 32.4. The first-order valence-corrected chi connectivity index (χ1v) is 46.0. The van der Waals surface area contributed by atoms with Crippen LogP contribution in [0.3, 0.4) is 0 Å². The molecule has 7 aromatic heterocycles. The van der Waals surface area contributed by atoms with Gasteiger partial charge < -0.3 is 13.3 Å². The molecule has 0 saturated carbocycles. The highest BCUT2D eigenvalue weighted by molar-refractivity contribution is 6.15. The number of nitrogens with zero attached hydrogens (tertiary/aromatic N) is 10. The average molecular weight is 1770 g/mol. The van der Waals surface area contributed by atoms with Crippen LogP contribution in [0.5, 0.6) is 0 Å². The Kier molecular flexibility index (Phi) is 20.6. The van der Waals surface area contributed by atoms with Crippen molar-refractivity contribution in [3.8, 4) is 153 Å². The number of fused-ring (bicyclic) bond motifs is 14.